The molecule has 96 valence electrons. The van der Waals surface area contributed by atoms with Gasteiger partial charge in [0.2, 0.25) is 0 Å². The highest BCUT2D eigenvalue weighted by atomic mass is 15.2. The zero-order valence-corrected chi connectivity index (χ0v) is 11.2. The highest BCUT2D eigenvalue weighted by Crippen LogP contribution is 2.41. The van der Waals surface area contributed by atoms with E-state index in [1.165, 1.54) is 77.3 Å². The lowest BCUT2D eigenvalue weighted by atomic mass is 9.74. The van der Waals surface area contributed by atoms with E-state index in [0.717, 1.165) is 11.8 Å². The van der Waals surface area contributed by atoms with Gasteiger partial charge in [-0.15, -0.1) is 0 Å². The van der Waals surface area contributed by atoms with Crippen LogP contribution in [-0.2, 0) is 0 Å². The second kappa shape index (κ2) is 5.46. The molecule has 0 aromatic carbocycles. The van der Waals surface area contributed by atoms with Gasteiger partial charge in [-0.2, -0.15) is 0 Å². The summed E-state index contributed by atoms with van der Waals surface area (Å²) in [6.07, 6.45) is 17.2. The fourth-order valence-corrected chi connectivity index (χ4v) is 4.24. The lowest BCUT2D eigenvalue weighted by Crippen LogP contribution is -2.31. The summed E-state index contributed by atoms with van der Waals surface area (Å²) in [5.74, 6) is 1.96. The molecule has 0 bridgehead atoms. The molecule has 2 fully saturated rings. The standard InChI is InChI=1S/C16H27N/c1-2-8-14(9-3-1)15-10-4-5-11-16(15)17-12-6-7-13-17/h11,14-15H,1-10,12-13H2. The molecule has 0 aromatic heterocycles. The molecule has 3 aliphatic rings. The minimum atomic E-state index is 0.933. The molecular formula is C16H27N. The summed E-state index contributed by atoms with van der Waals surface area (Å²) in [6.45, 7) is 2.68. The second-order valence-corrected chi connectivity index (χ2v) is 6.26. The molecule has 1 saturated heterocycles. The monoisotopic (exact) mass is 233 g/mol. The van der Waals surface area contributed by atoms with Crippen molar-refractivity contribution < 1.29 is 0 Å². The maximum absolute atomic E-state index is 2.72. The van der Waals surface area contributed by atoms with Gasteiger partial charge in [0, 0.05) is 24.7 Å². The first-order chi connectivity index (χ1) is 8.45. The Kier molecular flexibility index (Phi) is 3.73. The molecule has 1 aliphatic heterocycles. The third kappa shape index (κ3) is 2.53. The van der Waals surface area contributed by atoms with Gasteiger partial charge in [0.25, 0.3) is 0 Å². The van der Waals surface area contributed by atoms with E-state index >= 15 is 0 Å². The van der Waals surface area contributed by atoms with Gasteiger partial charge in [0.1, 0.15) is 0 Å². The van der Waals surface area contributed by atoms with Crippen molar-refractivity contribution in [1.29, 1.82) is 0 Å². The van der Waals surface area contributed by atoms with E-state index in [0.29, 0.717) is 0 Å². The Morgan fingerprint density at radius 2 is 1.59 bits per heavy atom. The quantitative estimate of drug-likeness (QED) is 0.685. The molecule has 1 saturated carbocycles. The molecule has 0 radical (unpaired) electrons. The zero-order chi connectivity index (χ0) is 11.5. The second-order valence-electron chi connectivity index (χ2n) is 6.26. The molecule has 1 atom stereocenters. The molecule has 0 spiro atoms. The molecule has 1 nitrogen and oxygen atoms in total. The predicted octanol–water partition coefficient (Wildman–Crippen LogP) is 4.35. The first-order valence-electron chi connectivity index (χ1n) is 7.90. The van der Waals surface area contributed by atoms with Gasteiger partial charge in [-0.25, -0.2) is 0 Å². The highest BCUT2D eigenvalue weighted by Gasteiger charge is 2.31. The van der Waals surface area contributed by atoms with Crippen molar-refractivity contribution in [2.24, 2.45) is 11.8 Å². The van der Waals surface area contributed by atoms with Crippen LogP contribution in [0, 0.1) is 11.8 Å². The maximum atomic E-state index is 2.72. The lowest BCUT2D eigenvalue weighted by molar-refractivity contribution is 0.212. The average molecular weight is 233 g/mol. The van der Waals surface area contributed by atoms with Crippen LogP contribution in [0.1, 0.15) is 64.2 Å². The third-order valence-corrected chi connectivity index (χ3v) is 5.14. The van der Waals surface area contributed by atoms with Crippen molar-refractivity contribution in [2.75, 3.05) is 13.1 Å². The topological polar surface area (TPSA) is 3.24 Å². The zero-order valence-electron chi connectivity index (χ0n) is 11.2. The van der Waals surface area contributed by atoms with Crippen molar-refractivity contribution in [3.63, 3.8) is 0 Å². The first-order valence-corrected chi connectivity index (χ1v) is 7.90. The summed E-state index contributed by atoms with van der Waals surface area (Å²) >= 11 is 0. The summed E-state index contributed by atoms with van der Waals surface area (Å²) in [4.78, 5) is 2.72. The van der Waals surface area contributed by atoms with Gasteiger partial charge >= 0.3 is 0 Å². The minimum Gasteiger partial charge on any atom is -0.375 e. The Bertz CT molecular complexity index is 269. The molecule has 3 rings (SSSR count). The predicted molar refractivity (Wildman–Crippen MR) is 72.8 cm³/mol. The molecule has 2 aliphatic carbocycles. The van der Waals surface area contributed by atoms with Crippen LogP contribution in [0.15, 0.2) is 11.8 Å². The SMILES string of the molecule is C1=C(N2CCCC2)C(C2CCCCC2)CCC1. The number of rotatable bonds is 2. The van der Waals surface area contributed by atoms with Gasteiger partial charge in [0.15, 0.2) is 0 Å². The number of hydrogen-bond donors (Lipinski definition) is 0. The summed E-state index contributed by atoms with van der Waals surface area (Å²) < 4.78 is 0. The average Bonchev–Trinajstić information content (AvgIpc) is 2.94. The van der Waals surface area contributed by atoms with Crippen molar-refractivity contribution in [2.45, 2.75) is 64.2 Å². The molecule has 0 N–H and O–H groups in total. The van der Waals surface area contributed by atoms with Crippen molar-refractivity contribution in [3.8, 4) is 0 Å². The normalized spacial score (nSPS) is 31.6. The molecule has 17 heavy (non-hydrogen) atoms. The molecule has 1 heteroatoms. The third-order valence-electron chi connectivity index (χ3n) is 5.14. The van der Waals surface area contributed by atoms with Gasteiger partial charge in [-0.05, 0) is 50.9 Å². The Morgan fingerprint density at radius 3 is 2.35 bits per heavy atom. The Hall–Kier alpha value is -0.460. The van der Waals surface area contributed by atoms with Crippen LogP contribution >= 0.6 is 0 Å². The van der Waals surface area contributed by atoms with Crippen LogP contribution in [0.4, 0.5) is 0 Å². The molecule has 1 heterocycles. The number of nitrogens with zero attached hydrogens (tertiary/aromatic N) is 1. The van der Waals surface area contributed by atoms with Crippen LogP contribution in [0.3, 0.4) is 0 Å². The van der Waals surface area contributed by atoms with Crippen LogP contribution < -0.4 is 0 Å². The number of likely N-dealkylation sites (tertiary alicyclic amines) is 1. The molecule has 0 amide bonds. The summed E-state index contributed by atoms with van der Waals surface area (Å²) in [5, 5.41) is 0. The first kappa shape index (κ1) is 11.6. The Balaban J connectivity index is 1.71. The lowest BCUT2D eigenvalue weighted by Gasteiger charge is -2.38. The fraction of sp³-hybridized carbons (Fsp3) is 0.875. The number of hydrogen-bond acceptors (Lipinski definition) is 1. The van der Waals surface area contributed by atoms with Crippen molar-refractivity contribution in [1.82, 2.24) is 4.90 Å². The Morgan fingerprint density at radius 1 is 0.824 bits per heavy atom. The molecule has 1 unspecified atom stereocenters. The van der Waals surface area contributed by atoms with Crippen LogP contribution in [0.5, 0.6) is 0 Å². The highest BCUT2D eigenvalue weighted by molar-refractivity contribution is 5.12. The Labute approximate surface area is 106 Å². The van der Waals surface area contributed by atoms with Gasteiger partial charge < -0.3 is 4.90 Å². The summed E-state index contributed by atoms with van der Waals surface area (Å²) in [6, 6.07) is 0. The van der Waals surface area contributed by atoms with E-state index in [-0.39, 0.29) is 0 Å². The smallest absolute Gasteiger partial charge is 0.0175 e. The van der Waals surface area contributed by atoms with Crippen molar-refractivity contribution >= 4 is 0 Å². The van der Waals surface area contributed by atoms with Crippen molar-refractivity contribution in [3.05, 3.63) is 11.8 Å². The molecule has 0 aromatic rings. The summed E-state index contributed by atoms with van der Waals surface area (Å²) in [7, 11) is 0. The van der Waals surface area contributed by atoms with Crippen LogP contribution in [-0.4, -0.2) is 18.0 Å². The van der Waals surface area contributed by atoms with Gasteiger partial charge in [-0.1, -0.05) is 25.3 Å². The fourth-order valence-electron chi connectivity index (χ4n) is 4.24. The molecular weight excluding hydrogens is 206 g/mol. The largest absolute Gasteiger partial charge is 0.375 e. The van der Waals surface area contributed by atoms with E-state index < -0.39 is 0 Å². The van der Waals surface area contributed by atoms with Crippen LogP contribution in [0.25, 0.3) is 0 Å². The van der Waals surface area contributed by atoms with Gasteiger partial charge in [0.05, 0.1) is 0 Å². The van der Waals surface area contributed by atoms with Gasteiger partial charge in [-0.3, -0.25) is 0 Å². The van der Waals surface area contributed by atoms with E-state index in [4.69, 9.17) is 0 Å². The summed E-state index contributed by atoms with van der Waals surface area (Å²) in [5.41, 5.74) is 1.76. The number of allylic oxidation sites excluding steroid dienone is 2. The van der Waals surface area contributed by atoms with E-state index in [1.807, 2.05) is 0 Å². The minimum absolute atomic E-state index is 0.933. The van der Waals surface area contributed by atoms with Crippen LogP contribution in [0.2, 0.25) is 0 Å². The van der Waals surface area contributed by atoms with E-state index in [9.17, 15) is 0 Å². The maximum Gasteiger partial charge on any atom is 0.0175 e. The van der Waals surface area contributed by atoms with E-state index in [1.54, 1.807) is 5.70 Å². The van der Waals surface area contributed by atoms with E-state index in [2.05, 4.69) is 11.0 Å².